The number of benzene rings is 3. The molecule has 0 spiro atoms. The van der Waals surface area contributed by atoms with Gasteiger partial charge in [0.15, 0.2) is 0 Å². The van der Waals surface area contributed by atoms with Crippen LogP contribution < -0.4 is 28.4 Å². The molecule has 43 heavy (non-hydrogen) atoms. The molecule has 7 heteroatoms. The van der Waals surface area contributed by atoms with E-state index in [4.69, 9.17) is 28.4 Å². The van der Waals surface area contributed by atoms with E-state index in [0.29, 0.717) is 0 Å². The number of rotatable bonds is 12. The van der Waals surface area contributed by atoms with Gasteiger partial charge in [-0.25, -0.2) is 0 Å². The van der Waals surface area contributed by atoms with Gasteiger partial charge in [-0.2, -0.15) is 18.2 Å². The average Bonchev–Trinajstić information content (AvgIpc) is 2.83. The third-order valence-electron chi connectivity index (χ3n) is 4.40. The molecule has 245 valence electrons. The Hall–Kier alpha value is -2.02. The zero-order chi connectivity index (χ0) is 31.7. The second-order valence-corrected chi connectivity index (χ2v) is 11.1. The largest absolute Gasteiger partial charge is 3.00 e. The molecule has 0 aromatic heterocycles. The van der Waals surface area contributed by atoms with Gasteiger partial charge in [0.25, 0.3) is 0 Å². The first-order valence-corrected chi connectivity index (χ1v) is 14.8. The van der Waals surface area contributed by atoms with Gasteiger partial charge in [-0.15, -0.1) is 36.4 Å². The summed E-state index contributed by atoms with van der Waals surface area (Å²) >= 11 is 0. The summed E-state index contributed by atoms with van der Waals surface area (Å²) in [6.07, 6.45) is 1.00. The van der Waals surface area contributed by atoms with Crippen LogP contribution in [-0.4, -0.2) is 36.6 Å². The predicted octanol–water partition coefficient (Wildman–Crippen LogP) is 9.18. The van der Waals surface area contributed by atoms with Gasteiger partial charge in [-0.05, 0) is 83.1 Å². The molecule has 0 amide bonds. The van der Waals surface area contributed by atoms with Crippen LogP contribution >= 0.6 is 0 Å². The fourth-order valence-corrected chi connectivity index (χ4v) is 3.22. The van der Waals surface area contributed by atoms with E-state index in [9.17, 15) is 0 Å². The van der Waals surface area contributed by atoms with Crippen molar-refractivity contribution in [2.75, 3.05) is 0 Å². The van der Waals surface area contributed by atoms with E-state index in [1.54, 1.807) is 0 Å². The van der Waals surface area contributed by atoms with Gasteiger partial charge in [-0.1, -0.05) is 18.2 Å². The summed E-state index contributed by atoms with van der Waals surface area (Å²) in [6, 6.07) is 26.2. The Morgan fingerprint density at radius 1 is 0.326 bits per heavy atom. The predicted molar refractivity (Wildman–Crippen MR) is 170 cm³/mol. The van der Waals surface area contributed by atoms with Crippen molar-refractivity contribution >= 4 is 0 Å². The molecule has 6 nitrogen and oxygen atoms in total. The Bertz CT molecular complexity index is 911. The third-order valence-corrected chi connectivity index (χ3v) is 4.40. The molecule has 0 saturated carbocycles. The van der Waals surface area contributed by atoms with Crippen molar-refractivity contribution in [1.29, 1.82) is 0 Å². The van der Waals surface area contributed by atoms with E-state index >= 15 is 0 Å². The van der Waals surface area contributed by atoms with Crippen LogP contribution in [-0.2, 0) is 0 Å². The van der Waals surface area contributed by atoms with Crippen molar-refractivity contribution in [3.8, 4) is 34.5 Å². The normalized spacial score (nSPS) is 10.5. The summed E-state index contributed by atoms with van der Waals surface area (Å²) in [5, 5.41) is 0. The SMILES string of the molecule is CC(C)Oc1[c-]c(OC(C)C)ccc1.CC(C)Oc1[c-]c(OC(C)C)ccc1.CC(C)Oc1[c-]c(OC(C)C)ccc1.[Yb+3]. The Morgan fingerprint density at radius 2 is 0.465 bits per heavy atom. The van der Waals surface area contributed by atoms with Gasteiger partial charge in [0.1, 0.15) is 0 Å². The minimum absolute atomic E-state index is 0. The topological polar surface area (TPSA) is 55.4 Å². The number of ether oxygens (including phenoxy) is 6. The van der Waals surface area contributed by atoms with Gasteiger partial charge in [-0.3, -0.25) is 0 Å². The molecular weight excluding hydrogens is 701 g/mol. The van der Waals surface area contributed by atoms with Gasteiger partial charge in [0, 0.05) is 34.5 Å². The van der Waals surface area contributed by atoms with Crippen LogP contribution in [0.2, 0.25) is 0 Å². The molecule has 3 rings (SSSR count). The van der Waals surface area contributed by atoms with Crippen molar-refractivity contribution < 1.29 is 75.3 Å². The second-order valence-electron chi connectivity index (χ2n) is 11.1. The number of hydrogen-bond donors (Lipinski definition) is 0. The minimum Gasteiger partial charge on any atom is -0.517 e. The maximum Gasteiger partial charge on any atom is 3.00 e. The van der Waals surface area contributed by atoms with Crippen molar-refractivity contribution in [2.45, 2.75) is 120 Å². The molecule has 0 aliphatic heterocycles. The van der Waals surface area contributed by atoms with Crippen LogP contribution in [0.4, 0.5) is 0 Å². The van der Waals surface area contributed by atoms with Crippen molar-refractivity contribution in [3.63, 3.8) is 0 Å². The van der Waals surface area contributed by atoms with Crippen molar-refractivity contribution in [2.24, 2.45) is 0 Å². The quantitative estimate of drug-likeness (QED) is 0.172. The first-order valence-electron chi connectivity index (χ1n) is 14.8. The maximum absolute atomic E-state index is 5.50. The molecule has 0 heterocycles. The Morgan fingerprint density at radius 3 is 0.581 bits per heavy atom. The molecule has 3 aromatic carbocycles. The van der Waals surface area contributed by atoms with E-state index < -0.39 is 0 Å². The molecule has 3 aromatic rings. The minimum atomic E-state index is 0. The smallest absolute Gasteiger partial charge is 0.517 e. The maximum atomic E-state index is 5.50. The van der Waals surface area contributed by atoms with Crippen LogP contribution in [0.5, 0.6) is 34.5 Å². The molecule has 0 fully saturated rings. The Labute approximate surface area is 300 Å². The molecule has 0 atom stereocenters. The van der Waals surface area contributed by atoms with Crippen molar-refractivity contribution in [3.05, 3.63) is 72.8 Å². The van der Waals surface area contributed by atoms with Gasteiger partial charge in [0.2, 0.25) is 0 Å². The number of hydrogen-bond acceptors (Lipinski definition) is 6. The van der Waals surface area contributed by atoms with E-state index in [1.807, 2.05) is 138 Å². The molecule has 0 aliphatic carbocycles. The van der Waals surface area contributed by atoms with Crippen LogP contribution in [0.15, 0.2) is 54.6 Å². The van der Waals surface area contributed by atoms with E-state index in [2.05, 4.69) is 18.2 Å². The summed E-state index contributed by atoms with van der Waals surface area (Å²) in [6.45, 7) is 23.9. The van der Waals surface area contributed by atoms with Crippen LogP contribution in [0.3, 0.4) is 0 Å². The van der Waals surface area contributed by atoms with Gasteiger partial charge in [0.05, 0.1) is 36.6 Å². The third kappa shape index (κ3) is 21.3. The molecule has 0 N–H and O–H groups in total. The summed E-state index contributed by atoms with van der Waals surface area (Å²) in [7, 11) is 0. The van der Waals surface area contributed by atoms with Gasteiger partial charge < -0.3 is 28.4 Å². The van der Waals surface area contributed by atoms with Crippen LogP contribution in [0, 0.1) is 65.1 Å². The molecule has 0 saturated heterocycles. The zero-order valence-corrected chi connectivity index (χ0v) is 29.6. The van der Waals surface area contributed by atoms with Crippen LogP contribution in [0.25, 0.3) is 0 Å². The standard InChI is InChI=1S/3C12H17O2.Yb/c3*1-9(2)13-11-6-5-7-12(8-11)14-10(3)4;/h3*5-7,9-10H,1-4H3;/q3*-1;+3. The van der Waals surface area contributed by atoms with Gasteiger partial charge >= 0.3 is 46.9 Å². The van der Waals surface area contributed by atoms with E-state index in [-0.39, 0.29) is 83.5 Å². The van der Waals surface area contributed by atoms with E-state index in [0.717, 1.165) is 34.5 Å². The monoisotopic (exact) mass is 753 g/mol. The van der Waals surface area contributed by atoms with Crippen molar-refractivity contribution in [1.82, 2.24) is 0 Å². The second kappa shape index (κ2) is 22.5. The molecule has 0 aliphatic rings. The molecular formula is C36H51O6Yb. The Kier molecular flexibility index (Phi) is 21.4. The van der Waals surface area contributed by atoms with Crippen LogP contribution in [0.1, 0.15) is 83.1 Å². The first-order chi connectivity index (χ1) is 19.7. The fourth-order valence-electron chi connectivity index (χ4n) is 3.22. The summed E-state index contributed by atoms with van der Waals surface area (Å²) in [4.78, 5) is 0. The fraction of sp³-hybridized carbons (Fsp3) is 0.500. The average molecular weight is 753 g/mol. The first kappa shape index (κ1) is 41.0. The zero-order valence-electron chi connectivity index (χ0n) is 27.9. The molecule has 1 radical (unpaired) electrons. The summed E-state index contributed by atoms with van der Waals surface area (Å²) in [5.41, 5.74) is 0. The summed E-state index contributed by atoms with van der Waals surface area (Å²) < 4.78 is 33.0. The molecule has 0 bridgehead atoms. The molecule has 0 unspecified atom stereocenters. The Balaban J connectivity index is 0.000000608. The van der Waals surface area contributed by atoms with E-state index in [1.165, 1.54) is 0 Å². The summed E-state index contributed by atoms with van der Waals surface area (Å²) in [5.74, 6) is 4.41.